The monoisotopic (exact) mass is 509 g/mol. The lowest BCUT2D eigenvalue weighted by molar-refractivity contribution is -0.136. The molecule has 8 heteroatoms. The van der Waals surface area contributed by atoms with E-state index in [4.69, 9.17) is 11.2 Å². The first-order valence-electron chi connectivity index (χ1n) is 11.6. The van der Waals surface area contributed by atoms with Crippen molar-refractivity contribution in [1.82, 2.24) is 10.2 Å². The molecule has 0 aliphatic rings. The number of nitrogens with zero attached hydrogens (tertiary/aromatic N) is 1. The van der Waals surface area contributed by atoms with Crippen LogP contribution in [0.25, 0.3) is 0 Å². The van der Waals surface area contributed by atoms with Crippen LogP contribution < -0.4 is 10.6 Å². The summed E-state index contributed by atoms with van der Waals surface area (Å²) in [7, 11) is 0. The van der Waals surface area contributed by atoms with E-state index >= 15 is 0 Å². The SMILES string of the molecule is C#CN(C(=O)C(CS)NC(=O)OC(C)(C)C)C(C(=O)Nc1c(C)cccc1C)c1ccc(C)cc1C. The predicted molar refractivity (Wildman–Crippen MR) is 146 cm³/mol. The predicted octanol–water partition coefficient (Wildman–Crippen LogP) is 4.84. The average molecular weight is 510 g/mol. The fourth-order valence-electron chi connectivity index (χ4n) is 3.80. The van der Waals surface area contributed by atoms with Gasteiger partial charge >= 0.3 is 6.09 Å². The molecule has 0 aliphatic carbocycles. The molecule has 0 fully saturated rings. The van der Waals surface area contributed by atoms with E-state index in [1.807, 2.05) is 58.0 Å². The largest absolute Gasteiger partial charge is 0.444 e. The Morgan fingerprint density at radius 1 is 1.06 bits per heavy atom. The molecule has 3 amide bonds. The minimum atomic E-state index is -1.15. The fraction of sp³-hybridized carbons (Fsp3) is 0.393. The molecule has 0 aromatic heterocycles. The summed E-state index contributed by atoms with van der Waals surface area (Å²) < 4.78 is 5.28. The highest BCUT2D eigenvalue weighted by Gasteiger charge is 2.36. The molecule has 2 N–H and O–H groups in total. The Balaban J connectivity index is 2.50. The highest BCUT2D eigenvalue weighted by molar-refractivity contribution is 7.80. The molecule has 0 saturated carbocycles. The van der Waals surface area contributed by atoms with E-state index in [1.165, 1.54) is 0 Å². The summed E-state index contributed by atoms with van der Waals surface area (Å²) in [5, 5.41) is 5.48. The second-order valence-electron chi connectivity index (χ2n) is 9.74. The Morgan fingerprint density at radius 2 is 1.67 bits per heavy atom. The van der Waals surface area contributed by atoms with Crippen LogP contribution in [0.5, 0.6) is 0 Å². The molecule has 2 rings (SSSR count). The maximum atomic E-state index is 13.7. The van der Waals surface area contributed by atoms with Crippen LogP contribution in [0, 0.1) is 40.2 Å². The summed E-state index contributed by atoms with van der Waals surface area (Å²) in [6.45, 7) is 12.7. The van der Waals surface area contributed by atoms with Crippen molar-refractivity contribution in [3.63, 3.8) is 0 Å². The van der Waals surface area contributed by atoms with Crippen molar-refractivity contribution in [2.24, 2.45) is 0 Å². The number of hydrogen-bond donors (Lipinski definition) is 3. The molecule has 2 aromatic rings. The second kappa shape index (κ2) is 12.0. The van der Waals surface area contributed by atoms with E-state index in [9.17, 15) is 14.4 Å². The van der Waals surface area contributed by atoms with Gasteiger partial charge in [-0.15, -0.1) is 0 Å². The van der Waals surface area contributed by atoms with E-state index in [0.29, 0.717) is 11.3 Å². The molecule has 0 saturated heterocycles. The van der Waals surface area contributed by atoms with Crippen LogP contribution in [0.2, 0.25) is 0 Å². The molecule has 0 spiro atoms. The van der Waals surface area contributed by atoms with E-state index in [-0.39, 0.29) is 5.75 Å². The molecule has 2 aromatic carbocycles. The zero-order valence-corrected chi connectivity index (χ0v) is 22.8. The third kappa shape index (κ3) is 7.28. The van der Waals surface area contributed by atoms with Gasteiger partial charge in [-0.3, -0.25) is 14.5 Å². The number of carbonyl (C=O) groups excluding carboxylic acids is 3. The third-order valence-corrected chi connectivity index (χ3v) is 5.87. The normalized spacial score (nSPS) is 12.6. The minimum absolute atomic E-state index is 0.0472. The van der Waals surface area contributed by atoms with Crippen molar-refractivity contribution in [1.29, 1.82) is 0 Å². The standard InChI is InChI=1S/C28H35N3O4S/c1-9-31(26(33)22(16-36)29-27(34)35-28(6,7)8)24(21-14-13-17(2)15-20(21)5)25(32)30-23-18(3)11-10-12-19(23)4/h1,10-15,22,24,36H,16H2,2-8H3,(H,29,34)(H,30,32). The van der Waals surface area contributed by atoms with E-state index in [0.717, 1.165) is 27.2 Å². The number of thiol groups is 1. The first-order valence-corrected chi connectivity index (χ1v) is 12.3. The number of rotatable bonds is 7. The number of aryl methyl sites for hydroxylation is 4. The number of amides is 3. The Kier molecular flexibility index (Phi) is 9.60. The summed E-state index contributed by atoms with van der Waals surface area (Å²) in [6.07, 6.45) is 5.03. The number of ether oxygens (including phenoxy) is 1. The van der Waals surface area contributed by atoms with Crippen molar-refractivity contribution >= 4 is 36.2 Å². The number of benzene rings is 2. The molecule has 0 heterocycles. The van der Waals surface area contributed by atoms with Gasteiger partial charge in [-0.1, -0.05) is 48.4 Å². The molecule has 2 unspecified atom stereocenters. The molecule has 0 aliphatic heterocycles. The van der Waals surface area contributed by atoms with E-state index in [2.05, 4.69) is 29.3 Å². The number of alkyl carbamates (subject to hydrolysis) is 1. The van der Waals surface area contributed by atoms with Crippen LogP contribution in [0.1, 0.15) is 54.6 Å². The minimum Gasteiger partial charge on any atom is -0.444 e. The highest BCUT2D eigenvalue weighted by atomic mass is 32.1. The van der Waals surface area contributed by atoms with Crippen LogP contribution in [-0.4, -0.2) is 40.2 Å². The molecule has 0 bridgehead atoms. The van der Waals surface area contributed by atoms with Gasteiger partial charge in [0.15, 0.2) is 0 Å². The van der Waals surface area contributed by atoms with Gasteiger partial charge in [-0.05, 0) is 70.7 Å². The van der Waals surface area contributed by atoms with Gasteiger partial charge in [-0.2, -0.15) is 12.6 Å². The second-order valence-corrected chi connectivity index (χ2v) is 10.1. The molecular weight excluding hydrogens is 474 g/mol. The summed E-state index contributed by atoms with van der Waals surface area (Å²) in [4.78, 5) is 40.7. The smallest absolute Gasteiger partial charge is 0.408 e. The summed E-state index contributed by atoms with van der Waals surface area (Å²) >= 11 is 4.24. The number of nitrogens with one attached hydrogen (secondary N) is 2. The van der Waals surface area contributed by atoms with Crippen LogP contribution in [0.3, 0.4) is 0 Å². The molecule has 0 radical (unpaired) electrons. The van der Waals surface area contributed by atoms with Crippen molar-refractivity contribution in [3.8, 4) is 12.5 Å². The number of terminal acetylenes is 1. The zero-order valence-electron chi connectivity index (χ0n) is 21.9. The molecule has 2 atom stereocenters. The number of anilines is 1. The first-order chi connectivity index (χ1) is 16.8. The number of hydrogen-bond acceptors (Lipinski definition) is 5. The average Bonchev–Trinajstić information content (AvgIpc) is 2.77. The van der Waals surface area contributed by atoms with Crippen molar-refractivity contribution in [3.05, 3.63) is 64.2 Å². The van der Waals surface area contributed by atoms with E-state index < -0.39 is 35.6 Å². The van der Waals surface area contributed by atoms with Gasteiger partial charge in [0.2, 0.25) is 0 Å². The lowest BCUT2D eigenvalue weighted by atomic mass is 9.96. The van der Waals surface area contributed by atoms with Crippen molar-refractivity contribution in [2.75, 3.05) is 11.1 Å². The first kappa shape index (κ1) is 28.8. The molecule has 7 nitrogen and oxygen atoms in total. The Labute approximate surface area is 219 Å². The lowest BCUT2D eigenvalue weighted by Crippen LogP contribution is -2.51. The van der Waals surface area contributed by atoms with Gasteiger partial charge in [0.1, 0.15) is 17.7 Å². The maximum Gasteiger partial charge on any atom is 0.408 e. The van der Waals surface area contributed by atoms with Gasteiger partial charge in [0.05, 0.1) is 0 Å². The van der Waals surface area contributed by atoms with Crippen molar-refractivity contribution < 1.29 is 19.1 Å². The summed E-state index contributed by atoms with van der Waals surface area (Å²) in [5.41, 5.74) is 4.02. The van der Waals surface area contributed by atoms with Gasteiger partial charge in [-0.25, -0.2) is 4.79 Å². The lowest BCUT2D eigenvalue weighted by Gasteiger charge is -2.31. The van der Waals surface area contributed by atoms with Gasteiger partial charge in [0.25, 0.3) is 11.8 Å². The molecule has 192 valence electrons. The van der Waals surface area contributed by atoms with Crippen LogP contribution in [-0.2, 0) is 14.3 Å². The fourth-order valence-corrected chi connectivity index (χ4v) is 4.05. The molecular formula is C28H35N3O4S. The van der Waals surface area contributed by atoms with Crippen molar-refractivity contribution in [2.45, 2.75) is 66.2 Å². The maximum absolute atomic E-state index is 13.7. The number of para-hydroxylation sites is 1. The molecule has 36 heavy (non-hydrogen) atoms. The summed E-state index contributed by atoms with van der Waals surface area (Å²) in [6, 6.07) is 11.4. The topological polar surface area (TPSA) is 87.7 Å². The summed E-state index contributed by atoms with van der Waals surface area (Å²) in [5.74, 6) is -1.17. The van der Waals surface area contributed by atoms with Crippen LogP contribution in [0.4, 0.5) is 10.5 Å². The zero-order chi connectivity index (χ0) is 27.2. The number of carbonyl (C=O) groups is 3. The third-order valence-electron chi connectivity index (χ3n) is 5.50. The van der Waals surface area contributed by atoms with Crippen LogP contribution in [0.15, 0.2) is 36.4 Å². The Hall–Kier alpha value is -3.44. The van der Waals surface area contributed by atoms with Gasteiger partial charge in [0, 0.05) is 17.5 Å². The van der Waals surface area contributed by atoms with Gasteiger partial charge < -0.3 is 15.4 Å². The van der Waals surface area contributed by atoms with Crippen LogP contribution >= 0.6 is 12.6 Å². The Bertz CT molecular complexity index is 1160. The Morgan fingerprint density at radius 3 is 2.17 bits per heavy atom. The quantitative estimate of drug-likeness (QED) is 0.283. The van der Waals surface area contributed by atoms with E-state index in [1.54, 1.807) is 26.8 Å². The highest BCUT2D eigenvalue weighted by Crippen LogP contribution is 2.29.